The molecule has 0 spiro atoms. The van der Waals surface area contributed by atoms with Crippen LogP contribution in [0.25, 0.3) is 11.1 Å². The molecule has 0 heterocycles. The summed E-state index contributed by atoms with van der Waals surface area (Å²) in [6.07, 6.45) is 0. The van der Waals surface area contributed by atoms with Gasteiger partial charge in [-0.3, -0.25) is 0 Å². The number of hydrogen-bond acceptors (Lipinski definition) is 8. The standard InChI is InChI=1S/C38H30O8/c1-38(2,3)46-37(42)28-23-31(44-35(40)26-17-9-5-10-18-26)33(32(24-28)45-36(41)27-19-11-6-12-20-27)29-21-13-14-22-30(29)43-34(39)25-15-7-4-8-16-25/h4-24H,1-3H3. The van der Waals surface area contributed by atoms with Crippen molar-refractivity contribution in [2.45, 2.75) is 26.4 Å². The highest BCUT2D eigenvalue weighted by molar-refractivity contribution is 5.99. The van der Waals surface area contributed by atoms with Gasteiger partial charge in [-0.05, 0) is 75.4 Å². The Kier molecular flexibility index (Phi) is 9.38. The van der Waals surface area contributed by atoms with Gasteiger partial charge in [0.1, 0.15) is 22.8 Å². The van der Waals surface area contributed by atoms with Gasteiger partial charge in [-0.1, -0.05) is 72.8 Å². The van der Waals surface area contributed by atoms with Crippen molar-refractivity contribution in [1.82, 2.24) is 0 Å². The molecule has 0 saturated heterocycles. The lowest BCUT2D eigenvalue weighted by molar-refractivity contribution is 0.00676. The number of rotatable bonds is 8. The van der Waals surface area contributed by atoms with E-state index in [2.05, 4.69) is 0 Å². The summed E-state index contributed by atoms with van der Waals surface area (Å²) in [6, 6.07) is 34.1. The van der Waals surface area contributed by atoms with Crippen LogP contribution in [0.4, 0.5) is 0 Å². The van der Waals surface area contributed by atoms with E-state index >= 15 is 0 Å². The summed E-state index contributed by atoms with van der Waals surface area (Å²) in [5.74, 6) is -3.01. The Balaban J connectivity index is 1.70. The summed E-state index contributed by atoms with van der Waals surface area (Å²) in [7, 11) is 0. The third kappa shape index (κ3) is 7.73. The zero-order valence-electron chi connectivity index (χ0n) is 25.4. The van der Waals surface area contributed by atoms with Crippen LogP contribution >= 0.6 is 0 Å². The van der Waals surface area contributed by atoms with Gasteiger partial charge in [-0.15, -0.1) is 0 Å². The largest absolute Gasteiger partial charge is 0.456 e. The SMILES string of the molecule is CC(C)(C)OC(=O)c1cc(OC(=O)c2ccccc2)c(-c2ccccc2OC(=O)c2ccccc2)c(OC(=O)c2ccccc2)c1. The monoisotopic (exact) mass is 614 g/mol. The zero-order chi connectivity index (χ0) is 32.7. The molecular formula is C38H30O8. The van der Waals surface area contributed by atoms with Crippen molar-refractivity contribution in [3.8, 4) is 28.4 Å². The second kappa shape index (κ2) is 13.7. The Morgan fingerprint density at radius 3 is 1.22 bits per heavy atom. The van der Waals surface area contributed by atoms with Crippen LogP contribution in [0.3, 0.4) is 0 Å². The van der Waals surface area contributed by atoms with Crippen LogP contribution in [0.2, 0.25) is 0 Å². The van der Waals surface area contributed by atoms with E-state index in [4.69, 9.17) is 18.9 Å². The predicted octanol–water partition coefficient (Wildman–Crippen LogP) is 7.97. The van der Waals surface area contributed by atoms with Crippen LogP contribution in [0, 0.1) is 0 Å². The first-order chi connectivity index (χ1) is 22.1. The highest BCUT2D eigenvalue weighted by Gasteiger charge is 2.28. The molecule has 0 aliphatic heterocycles. The third-order valence-corrected chi connectivity index (χ3v) is 6.49. The Morgan fingerprint density at radius 1 is 0.435 bits per heavy atom. The Hall–Kier alpha value is -6.02. The molecule has 0 aliphatic rings. The molecule has 0 unspecified atom stereocenters. The zero-order valence-corrected chi connectivity index (χ0v) is 25.4. The Bertz CT molecular complexity index is 1800. The van der Waals surface area contributed by atoms with E-state index in [1.54, 1.807) is 136 Å². The third-order valence-electron chi connectivity index (χ3n) is 6.49. The molecule has 230 valence electrons. The predicted molar refractivity (Wildman–Crippen MR) is 171 cm³/mol. The molecule has 5 rings (SSSR count). The van der Waals surface area contributed by atoms with Crippen LogP contribution in [0.15, 0.2) is 127 Å². The van der Waals surface area contributed by atoms with Crippen LogP contribution in [-0.4, -0.2) is 29.5 Å². The van der Waals surface area contributed by atoms with Crippen LogP contribution in [0.1, 0.15) is 62.2 Å². The highest BCUT2D eigenvalue weighted by atomic mass is 16.6. The van der Waals surface area contributed by atoms with Crippen molar-refractivity contribution in [2.75, 3.05) is 0 Å². The van der Waals surface area contributed by atoms with Crippen molar-refractivity contribution >= 4 is 23.9 Å². The molecule has 8 nitrogen and oxygen atoms in total. The summed E-state index contributed by atoms with van der Waals surface area (Å²) < 4.78 is 23.2. The van der Waals surface area contributed by atoms with Crippen molar-refractivity contribution in [3.63, 3.8) is 0 Å². The van der Waals surface area contributed by atoms with E-state index in [1.807, 2.05) is 0 Å². The normalized spacial score (nSPS) is 10.8. The summed E-state index contributed by atoms with van der Waals surface area (Å²) in [4.78, 5) is 53.2. The fraction of sp³-hybridized carbons (Fsp3) is 0.105. The van der Waals surface area contributed by atoms with Crippen molar-refractivity contribution < 1.29 is 38.1 Å². The molecule has 0 amide bonds. The maximum atomic E-state index is 13.4. The second-order valence-corrected chi connectivity index (χ2v) is 11.1. The Morgan fingerprint density at radius 2 is 0.804 bits per heavy atom. The molecule has 0 bridgehead atoms. The van der Waals surface area contributed by atoms with Crippen molar-refractivity contribution in [2.24, 2.45) is 0 Å². The smallest absolute Gasteiger partial charge is 0.343 e. The molecule has 0 fully saturated rings. The number of carbonyl (C=O) groups excluding carboxylic acids is 4. The van der Waals surface area contributed by atoms with Gasteiger partial charge in [0.15, 0.2) is 0 Å². The summed E-state index contributed by atoms with van der Waals surface area (Å²) in [5, 5.41) is 0. The molecule has 5 aromatic rings. The van der Waals surface area contributed by atoms with Gasteiger partial charge >= 0.3 is 23.9 Å². The quantitative estimate of drug-likeness (QED) is 0.128. The van der Waals surface area contributed by atoms with Crippen LogP contribution < -0.4 is 14.2 Å². The lowest BCUT2D eigenvalue weighted by atomic mass is 9.99. The van der Waals surface area contributed by atoms with Gasteiger partial charge in [-0.25, -0.2) is 19.2 Å². The van der Waals surface area contributed by atoms with Crippen molar-refractivity contribution in [3.05, 3.63) is 150 Å². The average molecular weight is 615 g/mol. The molecule has 0 N–H and O–H groups in total. The molecular weight excluding hydrogens is 584 g/mol. The van der Waals surface area contributed by atoms with E-state index < -0.39 is 29.5 Å². The van der Waals surface area contributed by atoms with Gasteiger partial charge in [0.25, 0.3) is 0 Å². The molecule has 5 aromatic carbocycles. The van der Waals surface area contributed by atoms with Gasteiger partial charge in [0.05, 0.1) is 27.8 Å². The lowest BCUT2D eigenvalue weighted by Crippen LogP contribution is -2.24. The highest BCUT2D eigenvalue weighted by Crippen LogP contribution is 2.45. The first kappa shape index (κ1) is 31.4. The summed E-state index contributed by atoms with van der Waals surface area (Å²) >= 11 is 0. The average Bonchev–Trinajstić information content (AvgIpc) is 3.05. The first-order valence-electron chi connectivity index (χ1n) is 14.4. The maximum absolute atomic E-state index is 13.4. The molecule has 0 radical (unpaired) electrons. The topological polar surface area (TPSA) is 105 Å². The van der Waals surface area contributed by atoms with E-state index in [9.17, 15) is 19.2 Å². The minimum atomic E-state index is -0.851. The molecule has 0 aliphatic carbocycles. The minimum absolute atomic E-state index is 0.0378. The van der Waals surface area contributed by atoms with Gasteiger partial charge in [-0.2, -0.15) is 0 Å². The van der Waals surface area contributed by atoms with E-state index in [1.165, 1.54) is 12.1 Å². The van der Waals surface area contributed by atoms with Crippen molar-refractivity contribution in [1.29, 1.82) is 0 Å². The van der Waals surface area contributed by atoms with E-state index in [-0.39, 0.29) is 45.1 Å². The minimum Gasteiger partial charge on any atom is -0.456 e. The van der Waals surface area contributed by atoms with Gasteiger partial charge in [0, 0.05) is 5.56 Å². The number of esters is 4. The molecule has 0 atom stereocenters. The molecule has 0 aromatic heterocycles. The van der Waals surface area contributed by atoms with Crippen LogP contribution in [-0.2, 0) is 4.74 Å². The number of carbonyl (C=O) groups is 4. The maximum Gasteiger partial charge on any atom is 0.343 e. The van der Waals surface area contributed by atoms with Crippen LogP contribution in [0.5, 0.6) is 17.2 Å². The Labute approximate surface area is 266 Å². The van der Waals surface area contributed by atoms with Gasteiger partial charge in [0.2, 0.25) is 0 Å². The fourth-order valence-corrected chi connectivity index (χ4v) is 4.43. The molecule has 46 heavy (non-hydrogen) atoms. The number of hydrogen-bond donors (Lipinski definition) is 0. The summed E-state index contributed by atoms with van der Waals surface area (Å²) in [5.41, 5.74) is 0.251. The molecule has 0 saturated carbocycles. The fourth-order valence-electron chi connectivity index (χ4n) is 4.43. The summed E-state index contributed by atoms with van der Waals surface area (Å²) in [6.45, 7) is 5.13. The molecule has 8 heteroatoms. The number of para-hydroxylation sites is 1. The second-order valence-electron chi connectivity index (χ2n) is 11.1. The number of ether oxygens (including phenoxy) is 4. The van der Waals surface area contributed by atoms with E-state index in [0.29, 0.717) is 5.56 Å². The van der Waals surface area contributed by atoms with Gasteiger partial charge < -0.3 is 18.9 Å². The number of benzene rings is 5. The lowest BCUT2D eigenvalue weighted by Gasteiger charge is -2.22. The first-order valence-corrected chi connectivity index (χ1v) is 14.4. The van der Waals surface area contributed by atoms with E-state index in [0.717, 1.165) is 0 Å².